The van der Waals surface area contributed by atoms with E-state index in [1.54, 1.807) is 13.1 Å². The molecule has 0 aromatic heterocycles. The van der Waals surface area contributed by atoms with E-state index >= 15 is 0 Å². The minimum Gasteiger partial charge on any atom is -0.356 e. The van der Waals surface area contributed by atoms with E-state index in [4.69, 9.17) is 0 Å². The van der Waals surface area contributed by atoms with E-state index in [9.17, 15) is 8.42 Å². The van der Waals surface area contributed by atoms with Gasteiger partial charge >= 0.3 is 0 Å². The van der Waals surface area contributed by atoms with Crippen LogP contribution in [0, 0.1) is 12.8 Å². The highest BCUT2D eigenvalue weighted by molar-refractivity contribution is 7.90. The van der Waals surface area contributed by atoms with Crippen LogP contribution in [0.3, 0.4) is 0 Å². The Kier molecular flexibility index (Phi) is 6.23. The largest absolute Gasteiger partial charge is 0.356 e. The van der Waals surface area contributed by atoms with Crippen molar-refractivity contribution < 1.29 is 8.42 Å². The molecule has 1 aliphatic rings. The number of hydrogen-bond donors (Lipinski definition) is 2. The average molecular weight is 353 g/mol. The van der Waals surface area contributed by atoms with Gasteiger partial charge in [-0.25, -0.2) is 8.42 Å². The van der Waals surface area contributed by atoms with Crippen molar-refractivity contribution in [3.05, 3.63) is 29.3 Å². The molecule has 1 aromatic rings. The van der Waals surface area contributed by atoms with E-state index in [2.05, 4.69) is 27.6 Å². The lowest BCUT2D eigenvalue weighted by Crippen LogP contribution is -2.39. The molecule has 1 aromatic carbocycles. The second-order valence-corrected chi connectivity index (χ2v) is 8.58. The van der Waals surface area contributed by atoms with E-state index in [1.807, 2.05) is 19.1 Å². The maximum Gasteiger partial charge on any atom is 0.191 e. The maximum absolute atomic E-state index is 11.7. The summed E-state index contributed by atoms with van der Waals surface area (Å²) in [5.74, 6) is 1.43. The van der Waals surface area contributed by atoms with Crippen molar-refractivity contribution in [2.45, 2.75) is 24.8 Å². The van der Waals surface area contributed by atoms with Crippen LogP contribution in [0.1, 0.15) is 17.5 Å². The van der Waals surface area contributed by atoms with E-state index in [1.165, 1.54) is 12.7 Å². The van der Waals surface area contributed by atoms with Crippen molar-refractivity contribution in [1.29, 1.82) is 0 Å². The van der Waals surface area contributed by atoms with E-state index in [-0.39, 0.29) is 0 Å². The molecule has 1 heterocycles. The SMILES string of the molecule is CN=C(NCc1ccc(S(C)(=O)=O)c(C)c1)NCC1CCN(C)C1. The first kappa shape index (κ1) is 18.7. The summed E-state index contributed by atoms with van der Waals surface area (Å²) in [6.07, 6.45) is 2.45. The van der Waals surface area contributed by atoms with Crippen LogP contribution in [0.5, 0.6) is 0 Å². The van der Waals surface area contributed by atoms with Gasteiger partial charge in [-0.2, -0.15) is 0 Å². The summed E-state index contributed by atoms with van der Waals surface area (Å²) in [5, 5.41) is 6.65. The zero-order valence-corrected chi connectivity index (χ0v) is 15.8. The predicted molar refractivity (Wildman–Crippen MR) is 98.1 cm³/mol. The third kappa shape index (κ3) is 5.21. The van der Waals surface area contributed by atoms with Crippen LogP contribution < -0.4 is 10.6 Å². The Labute approximate surface area is 145 Å². The number of sulfone groups is 1. The van der Waals surface area contributed by atoms with Gasteiger partial charge in [0, 0.05) is 32.9 Å². The first-order valence-electron chi connectivity index (χ1n) is 8.22. The summed E-state index contributed by atoms with van der Waals surface area (Å²) >= 11 is 0. The Bertz CT molecular complexity index is 701. The van der Waals surface area contributed by atoms with Crippen molar-refractivity contribution in [3.8, 4) is 0 Å². The molecule has 134 valence electrons. The zero-order valence-electron chi connectivity index (χ0n) is 15.0. The highest BCUT2D eigenvalue weighted by Crippen LogP contribution is 2.16. The first-order valence-corrected chi connectivity index (χ1v) is 10.1. The number of benzene rings is 1. The molecular formula is C17H28N4O2S. The molecule has 0 bridgehead atoms. The molecule has 0 aliphatic carbocycles. The molecule has 0 amide bonds. The number of likely N-dealkylation sites (tertiary alicyclic amines) is 1. The lowest BCUT2D eigenvalue weighted by Gasteiger charge is -2.16. The molecule has 24 heavy (non-hydrogen) atoms. The third-order valence-electron chi connectivity index (χ3n) is 4.37. The van der Waals surface area contributed by atoms with Crippen LogP contribution in [0.25, 0.3) is 0 Å². The number of aliphatic imine (C=N–C) groups is 1. The fraction of sp³-hybridized carbons (Fsp3) is 0.588. The lowest BCUT2D eigenvalue weighted by molar-refractivity contribution is 0.394. The van der Waals surface area contributed by atoms with E-state index in [0.29, 0.717) is 17.4 Å². The second kappa shape index (κ2) is 7.98. The summed E-state index contributed by atoms with van der Waals surface area (Å²) in [7, 11) is 0.737. The molecule has 1 saturated heterocycles. The van der Waals surface area contributed by atoms with E-state index < -0.39 is 9.84 Å². The van der Waals surface area contributed by atoms with Crippen LogP contribution in [-0.2, 0) is 16.4 Å². The molecule has 1 atom stereocenters. The monoisotopic (exact) mass is 352 g/mol. The van der Waals surface area contributed by atoms with Gasteiger partial charge in [-0.15, -0.1) is 0 Å². The summed E-state index contributed by atoms with van der Waals surface area (Å²) in [4.78, 5) is 6.98. The third-order valence-corrected chi connectivity index (χ3v) is 5.63. The smallest absolute Gasteiger partial charge is 0.191 e. The van der Waals surface area contributed by atoms with Gasteiger partial charge in [0.05, 0.1) is 4.90 Å². The van der Waals surface area contributed by atoms with Gasteiger partial charge in [-0.1, -0.05) is 12.1 Å². The van der Waals surface area contributed by atoms with Gasteiger partial charge in [-0.3, -0.25) is 4.99 Å². The number of guanidine groups is 1. The Balaban J connectivity index is 1.88. The average Bonchev–Trinajstić information content (AvgIpc) is 2.92. The quantitative estimate of drug-likeness (QED) is 0.611. The molecule has 0 saturated carbocycles. The van der Waals surface area contributed by atoms with Gasteiger partial charge in [0.15, 0.2) is 15.8 Å². The molecule has 1 aliphatic heterocycles. The number of aryl methyl sites for hydroxylation is 1. The van der Waals surface area contributed by atoms with Crippen molar-refractivity contribution in [2.75, 3.05) is 40.0 Å². The molecule has 6 nitrogen and oxygen atoms in total. The van der Waals surface area contributed by atoms with Gasteiger partial charge in [0.25, 0.3) is 0 Å². The summed E-state index contributed by atoms with van der Waals surface area (Å²) < 4.78 is 23.3. The molecule has 1 unspecified atom stereocenters. The Hall–Kier alpha value is -1.60. The van der Waals surface area contributed by atoms with Crippen molar-refractivity contribution in [2.24, 2.45) is 10.9 Å². The Morgan fingerprint density at radius 3 is 2.67 bits per heavy atom. The predicted octanol–water partition coefficient (Wildman–Crippen LogP) is 1.02. The van der Waals surface area contributed by atoms with Crippen molar-refractivity contribution in [1.82, 2.24) is 15.5 Å². The second-order valence-electron chi connectivity index (χ2n) is 6.60. The summed E-state index contributed by atoms with van der Waals surface area (Å²) in [6.45, 7) is 5.62. The minimum absolute atomic E-state index is 0.388. The molecule has 2 rings (SSSR count). The van der Waals surface area contributed by atoms with Gasteiger partial charge in [0.1, 0.15) is 0 Å². The maximum atomic E-state index is 11.7. The summed E-state index contributed by atoms with van der Waals surface area (Å²) in [5.41, 5.74) is 1.80. The fourth-order valence-corrected chi connectivity index (χ4v) is 4.04. The van der Waals surface area contributed by atoms with E-state index in [0.717, 1.165) is 36.7 Å². The number of nitrogens with zero attached hydrogens (tertiary/aromatic N) is 2. The summed E-state index contributed by atoms with van der Waals surface area (Å²) in [6, 6.07) is 5.42. The minimum atomic E-state index is -3.17. The highest BCUT2D eigenvalue weighted by atomic mass is 32.2. The standard InChI is InChI=1S/C17H28N4O2S/c1-13-9-14(5-6-16(13)24(4,22)23)10-19-17(18-2)20-11-15-7-8-21(3)12-15/h5-6,9,15H,7-8,10-12H2,1-4H3,(H2,18,19,20). The number of hydrogen-bond acceptors (Lipinski definition) is 4. The molecule has 7 heteroatoms. The highest BCUT2D eigenvalue weighted by Gasteiger charge is 2.19. The van der Waals surface area contributed by atoms with Crippen LogP contribution in [0.2, 0.25) is 0 Å². The van der Waals surface area contributed by atoms with Crippen LogP contribution >= 0.6 is 0 Å². The first-order chi connectivity index (χ1) is 11.3. The topological polar surface area (TPSA) is 73.8 Å². The van der Waals surface area contributed by atoms with Crippen molar-refractivity contribution >= 4 is 15.8 Å². The Morgan fingerprint density at radius 2 is 2.12 bits per heavy atom. The number of nitrogens with one attached hydrogen (secondary N) is 2. The van der Waals surface area contributed by atoms with Gasteiger partial charge < -0.3 is 15.5 Å². The van der Waals surface area contributed by atoms with Gasteiger partial charge in [0.2, 0.25) is 0 Å². The van der Waals surface area contributed by atoms with Crippen LogP contribution in [0.15, 0.2) is 28.1 Å². The van der Waals surface area contributed by atoms with Crippen molar-refractivity contribution in [3.63, 3.8) is 0 Å². The molecule has 1 fully saturated rings. The number of rotatable bonds is 5. The lowest BCUT2D eigenvalue weighted by atomic mass is 10.1. The molecule has 0 radical (unpaired) electrons. The normalized spacial score (nSPS) is 19.5. The molecule has 0 spiro atoms. The molecule has 2 N–H and O–H groups in total. The zero-order chi connectivity index (χ0) is 17.7. The van der Waals surface area contributed by atoms with Crippen LogP contribution in [-0.4, -0.2) is 59.3 Å². The van der Waals surface area contributed by atoms with Gasteiger partial charge in [-0.05, 0) is 50.0 Å². The fourth-order valence-electron chi connectivity index (χ4n) is 3.08. The van der Waals surface area contributed by atoms with Crippen LogP contribution in [0.4, 0.5) is 0 Å². The Morgan fingerprint density at radius 1 is 1.38 bits per heavy atom. The molecular weight excluding hydrogens is 324 g/mol.